The summed E-state index contributed by atoms with van der Waals surface area (Å²) in [6.07, 6.45) is 1.96. The van der Waals surface area contributed by atoms with Crippen LogP contribution in [-0.4, -0.2) is 51.8 Å². The Hall–Kier alpha value is -2.78. The molecule has 1 saturated heterocycles. The predicted octanol–water partition coefficient (Wildman–Crippen LogP) is 3.56. The summed E-state index contributed by atoms with van der Waals surface area (Å²) in [5.41, 5.74) is 0.857. The largest absolute Gasteiger partial charge is 0.497 e. The topological polar surface area (TPSA) is 94.2 Å². The van der Waals surface area contributed by atoms with Gasteiger partial charge in [-0.15, -0.1) is 0 Å². The van der Waals surface area contributed by atoms with Gasteiger partial charge >= 0.3 is 16.1 Å². The first-order valence-corrected chi connectivity index (χ1v) is 12.0. The Morgan fingerprint density at radius 1 is 1.12 bits per heavy atom. The smallest absolute Gasteiger partial charge is 0.339 e. The molecule has 9 heteroatoms. The molecule has 1 atom stereocenters. The van der Waals surface area contributed by atoms with Crippen LogP contribution in [0.3, 0.4) is 0 Å². The maximum absolute atomic E-state index is 12.6. The van der Waals surface area contributed by atoms with Crippen molar-refractivity contribution in [1.82, 2.24) is 10.2 Å². The summed E-state index contributed by atoms with van der Waals surface area (Å²) in [7, 11) is -2.45. The van der Waals surface area contributed by atoms with Crippen molar-refractivity contribution in [2.75, 3.05) is 20.3 Å². The normalized spacial score (nSPS) is 16.1. The number of nitrogens with one attached hydrogen (secondary N) is 1. The number of hydrogen-bond acceptors (Lipinski definition) is 6. The lowest BCUT2D eigenvalue weighted by molar-refractivity contribution is 0.0791. The van der Waals surface area contributed by atoms with Gasteiger partial charge in [-0.25, -0.2) is 4.79 Å². The van der Waals surface area contributed by atoms with Crippen molar-refractivity contribution < 1.29 is 26.9 Å². The van der Waals surface area contributed by atoms with Crippen molar-refractivity contribution in [2.24, 2.45) is 0 Å². The van der Waals surface area contributed by atoms with E-state index in [0.717, 1.165) is 25.0 Å². The highest BCUT2D eigenvalue weighted by Crippen LogP contribution is 2.22. The molecule has 32 heavy (non-hydrogen) atoms. The number of nitrogens with zero attached hydrogens (tertiary/aromatic N) is 1. The highest BCUT2D eigenvalue weighted by Gasteiger charge is 2.23. The molecule has 0 bridgehead atoms. The molecule has 0 saturated carbocycles. The van der Waals surface area contributed by atoms with E-state index in [1.54, 1.807) is 41.3 Å². The molecular formula is C23H30N2O6S. The Balaban J connectivity index is 1.67. The first kappa shape index (κ1) is 23.9. The van der Waals surface area contributed by atoms with Crippen LogP contribution in [0.25, 0.3) is 0 Å². The van der Waals surface area contributed by atoms with E-state index in [2.05, 4.69) is 5.32 Å². The van der Waals surface area contributed by atoms with Gasteiger partial charge < -0.3 is 23.9 Å². The lowest BCUT2D eigenvalue weighted by atomic mass is 10.2. The number of amides is 2. The van der Waals surface area contributed by atoms with Crippen molar-refractivity contribution in [3.63, 3.8) is 0 Å². The van der Waals surface area contributed by atoms with Crippen molar-refractivity contribution in [3.8, 4) is 11.5 Å². The van der Waals surface area contributed by atoms with Gasteiger partial charge in [-0.1, -0.05) is 12.1 Å². The number of hydrogen-bond donors (Lipinski definition) is 1. The van der Waals surface area contributed by atoms with Crippen LogP contribution in [0.1, 0.15) is 32.3 Å². The number of urea groups is 1. The molecule has 8 nitrogen and oxygen atoms in total. The van der Waals surface area contributed by atoms with E-state index in [1.807, 2.05) is 13.8 Å². The average Bonchev–Trinajstić information content (AvgIpc) is 3.27. The molecule has 3 rings (SSSR count). The third-order valence-electron chi connectivity index (χ3n) is 5.00. The van der Waals surface area contributed by atoms with E-state index >= 15 is 0 Å². The van der Waals surface area contributed by atoms with Gasteiger partial charge in [-0.05, 0) is 68.7 Å². The number of rotatable bonds is 9. The Labute approximate surface area is 189 Å². The zero-order valence-corrected chi connectivity index (χ0v) is 19.4. The molecule has 0 aromatic heterocycles. The fourth-order valence-electron chi connectivity index (χ4n) is 3.38. The Kier molecular flexibility index (Phi) is 7.98. The predicted molar refractivity (Wildman–Crippen MR) is 120 cm³/mol. The second-order valence-corrected chi connectivity index (χ2v) is 9.52. The highest BCUT2D eigenvalue weighted by atomic mass is 32.2. The van der Waals surface area contributed by atoms with Crippen molar-refractivity contribution in [3.05, 3.63) is 54.1 Å². The van der Waals surface area contributed by atoms with Crippen LogP contribution in [0.4, 0.5) is 4.79 Å². The van der Waals surface area contributed by atoms with Crippen molar-refractivity contribution in [2.45, 2.75) is 50.3 Å². The standard InChI is InChI=1S/C23H30N2O6S/c1-17(2)24-23(26)25(16-21-5-4-14-30-21)15-18-6-8-20(9-7-18)31-32(27,28)22-12-10-19(29-3)11-13-22/h6-13,17,21H,4-5,14-16H2,1-3H3,(H,24,26)/t21-/m1/s1. The van der Waals surface area contributed by atoms with E-state index in [-0.39, 0.29) is 28.8 Å². The van der Waals surface area contributed by atoms with Crippen LogP contribution in [0.2, 0.25) is 0 Å². The van der Waals surface area contributed by atoms with Crippen LogP contribution in [-0.2, 0) is 21.4 Å². The molecular weight excluding hydrogens is 432 g/mol. The molecule has 174 valence electrons. The van der Waals surface area contributed by atoms with Gasteiger partial charge in [0.2, 0.25) is 0 Å². The minimum atomic E-state index is -3.96. The van der Waals surface area contributed by atoms with Crippen LogP contribution >= 0.6 is 0 Å². The first-order chi connectivity index (χ1) is 15.3. The lowest BCUT2D eigenvalue weighted by Crippen LogP contribution is -2.45. The van der Waals surface area contributed by atoms with Gasteiger partial charge in [-0.3, -0.25) is 0 Å². The summed E-state index contributed by atoms with van der Waals surface area (Å²) in [4.78, 5) is 14.4. The molecule has 0 aliphatic carbocycles. The zero-order valence-electron chi connectivity index (χ0n) is 18.6. The van der Waals surface area contributed by atoms with Crippen LogP contribution in [0, 0.1) is 0 Å². The molecule has 2 aromatic rings. The van der Waals surface area contributed by atoms with Gasteiger partial charge in [0, 0.05) is 25.7 Å². The molecule has 1 aliphatic heterocycles. The number of benzene rings is 2. The molecule has 2 aromatic carbocycles. The Morgan fingerprint density at radius 2 is 1.78 bits per heavy atom. The molecule has 0 spiro atoms. The van der Waals surface area contributed by atoms with Gasteiger partial charge in [0.1, 0.15) is 16.4 Å². The Morgan fingerprint density at radius 3 is 2.34 bits per heavy atom. The Bertz CT molecular complexity index is 984. The van der Waals surface area contributed by atoms with E-state index in [1.165, 1.54) is 19.2 Å². The lowest BCUT2D eigenvalue weighted by Gasteiger charge is -2.27. The number of methoxy groups -OCH3 is 1. The maximum atomic E-state index is 12.6. The fraction of sp³-hybridized carbons (Fsp3) is 0.435. The van der Waals surface area contributed by atoms with Gasteiger partial charge in [0.25, 0.3) is 0 Å². The summed E-state index contributed by atoms with van der Waals surface area (Å²) in [5, 5.41) is 2.92. The molecule has 1 heterocycles. The molecule has 1 N–H and O–H groups in total. The molecule has 2 amide bonds. The highest BCUT2D eigenvalue weighted by molar-refractivity contribution is 7.87. The van der Waals surface area contributed by atoms with Crippen LogP contribution in [0.15, 0.2) is 53.4 Å². The van der Waals surface area contributed by atoms with E-state index < -0.39 is 10.1 Å². The molecule has 0 unspecified atom stereocenters. The molecule has 1 fully saturated rings. The minimum absolute atomic E-state index is 0.0217. The molecule has 0 radical (unpaired) electrons. The number of carbonyl (C=O) groups is 1. The average molecular weight is 463 g/mol. The first-order valence-electron chi connectivity index (χ1n) is 10.6. The van der Waals surface area contributed by atoms with Gasteiger partial charge in [-0.2, -0.15) is 8.42 Å². The summed E-state index contributed by atoms with van der Waals surface area (Å²) >= 11 is 0. The van der Waals surface area contributed by atoms with E-state index in [0.29, 0.717) is 18.8 Å². The summed E-state index contributed by atoms with van der Waals surface area (Å²) < 4.78 is 41.0. The van der Waals surface area contributed by atoms with Gasteiger partial charge in [0.15, 0.2) is 0 Å². The van der Waals surface area contributed by atoms with Crippen molar-refractivity contribution in [1.29, 1.82) is 0 Å². The second kappa shape index (κ2) is 10.7. The third kappa shape index (κ3) is 6.61. The fourth-order valence-corrected chi connectivity index (χ4v) is 4.31. The van der Waals surface area contributed by atoms with Crippen molar-refractivity contribution >= 4 is 16.1 Å². The maximum Gasteiger partial charge on any atom is 0.339 e. The SMILES string of the molecule is COc1ccc(S(=O)(=O)Oc2ccc(CN(C[C@H]3CCCO3)C(=O)NC(C)C)cc2)cc1. The van der Waals surface area contributed by atoms with Crippen LogP contribution < -0.4 is 14.2 Å². The zero-order chi connectivity index (χ0) is 23.1. The van der Waals surface area contributed by atoms with E-state index in [9.17, 15) is 13.2 Å². The summed E-state index contributed by atoms with van der Waals surface area (Å²) in [5.74, 6) is 0.754. The number of carbonyl (C=O) groups excluding carboxylic acids is 1. The minimum Gasteiger partial charge on any atom is -0.497 e. The molecule has 1 aliphatic rings. The summed E-state index contributed by atoms with van der Waals surface area (Å²) in [6, 6.07) is 12.5. The van der Waals surface area contributed by atoms with Gasteiger partial charge in [0.05, 0.1) is 13.2 Å². The van der Waals surface area contributed by atoms with E-state index in [4.69, 9.17) is 13.7 Å². The quantitative estimate of drug-likeness (QED) is 0.573. The monoisotopic (exact) mass is 462 g/mol. The second-order valence-electron chi connectivity index (χ2n) is 7.98. The number of ether oxygens (including phenoxy) is 2. The third-order valence-corrected chi connectivity index (χ3v) is 6.26. The van der Waals surface area contributed by atoms with Crippen LogP contribution in [0.5, 0.6) is 11.5 Å². The summed E-state index contributed by atoms with van der Waals surface area (Å²) in [6.45, 7) is 5.43.